The summed E-state index contributed by atoms with van der Waals surface area (Å²) >= 11 is 1.59. The molecule has 0 saturated carbocycles. The molecular formula is C38H46N4O3S. The van der Waals surface area contributed by atoms with E-state index in [-0.39, 0.29) is 23.3 Å². The van der Waals surface area contributed by atoms with Crippen molar-refractivity contribution in [2.24, 2.45) is 0 Å². The van der Waals surface area contributed by atoms with Gasteiger partial charge in [0.05, 0.1) is 18.2 Å². The maximum Gasteiger partial charge on any atom is 0.254 e. The highest BCUT2D eigenvalue weighted by atomic mass is 32.1. The third kappa shape index (κ3) is 8.49. The predicted molar refractivity (Wildman–Crippen MR) is 185 cm³/mol. The van der Waals surface area contributed by atoms with Crippen molar-refractivity contribution in [3.8, 4) is 0 Å². The summed E-state index contributed by atoms with van der Waals surface area (Å²) in [6, 6.07) is 23.1. The summed E-state index contributed by atoms with van der Waals surface area (Å²) in [4.78, 5) is 34.0. The lowest BCUT2D eigenvalue weighted by Gasteiger charge is -2.26. The normalized spacial score (nSPS) is 16.3. The minimum Gasteiger partial charge on any atom is -0.390 e. The molecule has 0 radical (unpaired) electrons. The molecule has 3 atom stereocenters. The molecule has 7 nitrogen and oxygen atoms in total. The summed E-state index contributed by atoms with van der Waals surface area (Å²) in [5, 5.41) is 20.8. The van der Waals surface area contributed by atoms with Crippen LogP contribution >= 0.6 is 11.3 Å². The minimum atomic E-state index is -0.840. The van der Waals surface area contributed by atoms with Gasteiger partial charge in [0.1, 0.15) is 5.01 Å². The highest BCUT2D eigenvalue weighted by molar-refractivity contribution is 7.09. The number of benzene rings is 3. The number of amides is 2. The number of hydrogen-bond acceptors (Lipinski definition) is 6. The first kappa shape index (κ1) is 33.5. The smallest absolute Gasteiger partial charge is 0.254 e. The second-order valence-corrected chi connectivity index (χ2v) is 14.4. The summed E-state index contributed by atoms with van der Waals surface area (Å²) in [6.07, 6.45) is 1.43. The molecule has 8 heteroatoms. The van der Waals surface area contributed by atoms with Crippen LogP contribution in [0, 0.1) is 13.8 Å². The average molecular weight is 639 g/mol. The molecule has 1 aromatic heterocycles. The van der Waals surface area contributed by atoms with Crippen molar-refractivity contribution < 1.29 is 14.7 Å². The van der Waals surface area contributed by atoms with Crippen molar-refractivity contribution in [1.82, 2.24) is 20.5 Å². The van der Waals surface area contributed by atoms with E-state index in [1.807, 2.05) is 60.5 Å². The second kappa shape index (κ2) is 14.7. The molecule has 46 heavy (non-hydrogen) atoms. The Morgan fingerprint density at radius 2 is 1.74 bits per heavy atom. The fraction of sp³-hybridized carbons (Fsp3) is 0.395. The molecule has 0 aliphatic carbocycles. The molecule has 5 rings (SSSR count). The quantitative estimate of drug-likeness (QED) is 0.174. The second-order valence-electron chi connectivity index (χ2n) is 13.5. The van der Waals surface area contributed by atoms with Crippen LogP contribution in [0.15, 0.2) is 78.2 Å². The number of hydrogen-bond donors (Lipinski definition) is 3. The molecule has 4 aromatic rings. The van der Waals surface area contributed by atoms with E-state index in [0.29, 0.717) is 37.2 Å². The van der Waals surface area contributed by atoms with Gasteiger partial charge >= 0.3 is 0 Å². The lowest BCUT2D eigenvalue weighted by molar-refractivity contribution is 0.0735. The van der Waals surface area contributed by atoms with Crippen LogP contribution in [0.4, 0.5) is 0 Å². The molecule has 0 unspecified atom stereocenters. The number of nitrogens with zero attached hydrogens (tertiary/aromatic N) is 2. The SMILES string of the molecule is Cc1cc(C(=O)N[C@@H](Cc2ccccc2)[C@H](O)CNCc2cccc(C(C)(C)C)c2)cc(C(=O)N2CCC[C@@H]2c2nc(C)cs2)c1. The summed E-state index contributed by atoms with van der Waals surface area (Å²) in [5.74, 6) is -0.405. The van der Waals surface area contributed by atoms with Crippen LogP contribution < -0.4 is 10.6 Å². The van der Waals surface area contributed by atoms with Gasteiger partial charge in [0.25, 0.3) is 11.8 Å². The zero-order chi connectivity index (χ0) is 32.8. The number of aliphatic hydroxyl groups excluding tert-OH is 1. The van der Waals surface area contributed by atoms with Gasteiger partial charge in [-0.3, -0.25) is 9.59 Å². The van der Waals surface area contributed by atoms with Crippen LogP contribution in [0.5, 0.6) is 0 Å². The lowest BCUT2D eigenvalue weighted by Crippen LogP contribution is -2.48. The van der Waals surface area contributed by atoms with Crippen molar-refractivity contribution in [2.75, 3.05) is 13.1 Å². The molecule has 1 aliphatic rings. The lowest BCUT2D eigenvalue weighted by atomic mass is 9.86. The molecule has 0 bridgehead atoms. The van der Waals surface area contributed by atoms with Gasteiger partial charge in [-0.05, 0) is 79.0 Å². The van der Waals surface area contributed by atoms with E-state index in [0.717, 1.165) is 40.2 Å². The van der Waals surface area contributed by atoms with Gasteiger partial charge < -0.3 is 20.6 Å². The Morgan fingerprint density at radius 1 is 1.00 bits per heavy atom. The first-order valence-corrected chi connectivity index (χ1v) is 17.0. The Hall–Kier alpha value is -3.85. The fourth-order valence-corrected chi connectivity index (χ4v) is 7.00. The third-order valence-electron chi connectivity index (χ3n) is 8.58. The summed E-state index contributed by atoms with van der Waals surface area (Å²) in [5.41, 5.74) is 6.16. The van der Waals surface area contributed by atoms with E-state index in [2.05, 4.69) is 60.7 Å². The number of aliphatic hydroxyl groups is 1. The molecule has 3 aromatic carbocycles. The van der Waals surface area contributed by atoms with Gasteiger partial charge in [-0.2, -0.15) is 0 Å². The summed E-state index contributed by atoms with van der Waals surface area (Å²) < 4.78 is 0. The standard InChI is InChI=1S/C38H46N4O3S/c1-25-17-29(21-30(18-25)37(45)42-16-10-15-33(42)36-40-26(2)24-46-36)35(44)41-32(20-27-11-7-6-8-12-27)34(43)23-39-22-28-13-9-14-31(19-28)38(3,4)5/h6-9,11-14,17-19,21,24,32-34,39,43H,10,15-16,20,22-23H2,1-5H3,(H,41,44)/t32-,33+,34+/m0/s1. The van der Waals surface area contributed by atoms with E-state index >= 15 is 0 Å². The molecule has 3 N–H and O–H groups in total. The molecule has 0 spiro atoms. The van der Waals surface area contributed by atoms with Crippen molar-refractivity contribution in [3.05, 3.63) is 122 Å². The van der Waals surface area contributed by atoms with E-state index in [9.17, 15) is 14.7 Å². The monoisotopic (exact) mass is 638 g/mol. The maximum atomic E-state index is 13.8. The Labute approximate surface area is 277 Å². The number of nitrogens with one attached hydrogen (secondary N) is 2. The van der Waals surface area contributed by atoms with Crippen LogP contribution in [0.3, 0.4) is 0 Å². The summed E-state index contributed by atoms with van der Waals surface area (Å²) in [7, 11) is 0. The number of aromatic nitrogens is 1. The van der Waals surface area contributed by atoms with Gasteiger partial charge in [0.15, 0.2) is 0 Å². The van der Waals surface area contributed by atoms with Crippen LogP contribution in [0.25, 0.3) is 0 Å². The number of rotatable bonds is 11. The topological polar surface area (TPSA) is 94.6 Å². The Bertz CT molecular complexity index is 1650. The zero-order valence-electron chi connectivity index (χ0n) is 27.5. The number of carbonyl (C=O) groups is 2. The van der Waals surface area contributed by atoms with E-state index < -0.39 is 12.1 Å². The Balaban J connectivity index is 1.29. The van der Waals surface area contributed by atoms with Gasteiger partial charge in [0, 0.05) is 41.8 Å². The van der Waals surface area contributed by atoms with Crippen LogP contribution in [0.2, 0.25) is 0 Å². The van der Waals surface area contributed by atoms with E-state index in [1.165, 1.54) is 5.56 Å². The highest BCUT2D eigenvalue weighted by Crippen LogP contribution is 2.35. The van der Waals surface area contributed by atoms with Crippen molar-refractivity contribution >= 4 is 23.2 Å². The van der Waals surface area contributed by atoms with Crippen LogP contribution in [-0.4, -0.2) is 52.0 Å². The number of carbonyl (C=O) groups excluding carboxylic acids is 2. The Morgan fingerprint density at radius 3 is 2.46 bits per heavy atom. The van der Waals surface area contributed by atoms with Crippen LogP contribution in [-0.2, 0) is 18.4 Å². The minimum absolute atomic E-state index is 0.0437. The predicted octanol–water partition coefficient (Wildman–Crippen LogP) is 6.53. The molecule has 1 saturated heterocycles. The number of thiazole rings is 1. The third-order valence-corrected chi connectivity index (χ3v) is 9.64. The van der Waals surface area contributed by atoms with Gasteiger partial charge in [-0.1, -0.05) is 75.4 Å². The largest absolute Gasteiger partial charge is 0.390 e. The molecular weight excluding hydrogens is 593 g/mol. The maximum absolute atomic E-state index is 13.8. The van der Waals surface area contributed by atoms with E-state index in [4.69, 9.17) is 0 Å². The molecule has 1 fully saturated rings. The van der Waals surface area contributed by atoms with Gasteiger partial charge in [0.2, 0.25) is 0 Å². The van der Waals surface area contributed by atoms with Crippen LogP contribution in [0.1, 0.15) is 93.3 Å². The molecule has 2 amide bonds. The fourth-order valence-electron chi connectivity index (χ4n) is 6.05. The van der Waals surface area contributed by atoms with Crippen molar-refractivity contribution in [1.29, 1.82) is 0 Å². The van der Waals surface area contributed by atoms with Gasteiger partial charge in [-0.15, -0.1) is 11.3 Å². The van der Waals surface area contributed by atoms with Crippen molar-refractivity contribution in [3.63, 3.8) is 0 Å². The van der Waals surface area contributed by atoms with Gasteiger partial charge in [-0.25, -0.2) is 4.98 Å². The molecule has 1 aliphatic heterocycles. The number of aryl methyl sites for hydroxylation is 2. The first-order valence-electron chi connectivity index (χ1n) is 16.2. The van der Waals surface area contributed by atoms with E-state index in [1.54, 1.807) is 23.5 Å². The Kier molecular flexibility index (Phi) is 10.7. The zero-order valence-corrected chi connectivity index (χ0v) is 28.4. The average Bonchev–Trinajstić information content (AvgIpc) is 3.69. The van der Waals surface area contributed by atoms with Crippen molar-refractivity contribution in [2.45, 2.75) is 84.0 Å². The molecule has 242 valence electrons. The highest BCUT2D eigenvalue weighted by Gasteiger charge is 2.33. The molecule has 2 heterocycles. The summed E-state index contributed by atoms with van der Waals surface area (Å²) in [6.45, 7) is 12.0. The first-order chi connectivity index (χ1) is 22.0. The number of likely N-dealkylation sites (tertiary alicyclic amines) is 1.